The predicted molar refractivity (Wildman–Crippen MR) is 71.7 cm³/mol. The fourth-order valence-electron chi connectivity index (χ4n) is 2.92. The third-order valence-corrected chi connectivity index (χ3v) is 3.91. The van der Waals surface area contributed by atoms with Gasteiger partial charge in [0.2, 0.25) is 0 Å². The van der Waals surface area contributed by atoms with Crippen molar-refractivity contribution in [2.75, 3.05) is 14.2 Å². The van der Waals surface area contributed by atoms with Crippen molar-refractivity contribution in [2.45, 2.75) is 44.1 Å². The Kier molecular flexibility index (Phi) is 4.43. The molecule has 0 aromatic heterocycles. The number of hydrogen-bond donors (Lipinski definition) is 1. The van der Waals surface area contributed by atoms with Crippen LogP contribution in [0.25, 0.3) is 0 Å². The van der Waals surface area contributed by atoms with Gasteiger partial charge in [0.1, 0.15) is 5.75 Å². The first-order valence-corrected chi connectivity index (χ1v) is 6.66. The maximum absolute atomic E-state index is 5.33. The lowest BCUT2D eigenvalue weighted by Gasteiger charge is -2.25. The Balaban J connectivity index is 2.21. The zero-order valence-electron chi connectivity index (χ0n) is 10.9. The second-order valence-electron chi connectivity index (χ2n) is 4.92. The molecule has 1 aromatic rings. The summed E-state index contributed by atoms with van der Waals surface area (Å²) in [6.07, 6.45) is 6.65. The Morgan fingerprint density at radius 3 is 2.76 bits per heavy atom. The zero-order chi connectivity index (χ0) is 12.1. The van der Waals surface area contributed by atoms with E-state index in [1.54, 1.807) is 7.11 Å². The van der Waals surface area contributed by atoms with Crippen molar-refractivity contribution < 1.29 is 4.74 Å². The second-order valence-corrected chi connectivity index (χ2v) is 4.92. The van der Waals surface area contributed by atoms with Crippen molar-refractivity contribution in [1.82, 2.24) is 5.32 Å². The van der Waals surface area contributed by atoms with Gasteiger partial charge < -0.3 is 10.1 Å². The highest BCUT2D eigenvalue weighted by Gasteiger charge is 2.23. The Hall–Kier alpha value is -1.02. The van der Waals surface area contributed by atoms with E-state index < -0.39 is 0 Å². The third kappa shape index (κ3) is 3.01. The van der Waals surface area contributed by atoms with Crippen LogP contribution in [0.5, 0.6) is 5.75 Å². The molecule has 2 unspecified atom stereocenters. The number of rotatable bonds is 3. The smallest absolute Gasteiger partial charge is 0.119 e. The van der Waals surface area contributed by atoms with Crippen LogP contribution in [0, 0.1) is 0 Å². The molecule has 94 valence electrons. The van der Waals surface area contributed by atoms with Gasteiger partial charge in [0.25, 0.3) is 0 Å². The summed E-state index contributed by atoms with van der Waals surface area (Å²) in [5.74, 6) is 1.61. The fraction of sp³-hybridized carbons (Fsp3) is 0.600. The summed E-state index contributed by atoms with van der Waals surface area (Å²) in [6, 6.07) is 9.17. The van der Waals surface area contributed by atoms with Crippen LogP contribution in [-0.4, -0.2) is 20.2 Å². The van der Waals surface area contributed by atoms with E-state index in [4.69, 9.17) is 4.74 Å². The number of likely N-dealkylation sites (N-methyl/N-ethyl adjacent to an activating group) is 1. The molecule has 0 radical (unpaired) electrons. The van der Waals surface area contributed by atoms with Crippen LogP contribution in [0.15, 0.2) is 24.3 Å². The van der Waals surface area contributed by atoms with Gasteiger partial charge in [-0.25, -0.2) is 0 Å². The molecule has 1 aliphatic rings. The molecule has 2 rings (SSSR count). The lowest BCUT2D eigenvalue weighted by atomic mass is 9.87. The Morgan fingerprint density at radius 1 is 1.18 bits per heavy atom. The van der Waals surface area contributed by atoms with Gasteiger partial charge in [0.05, 0.1) is 7.11 Å². The summed E-state index contributed by atoms with van der Waals surface area (Å²) in [5, 5.41) is 3.49. The highest BCUT2D eigenvalue weighted by Crippen LogP contribution is 2.33. The minimum atomic E-state index is 0.615. The van der Waals surface area contributed by atoms with Crippen molar-refractivity contribution >= 4 is 0 Å². The summed E-state index contributed by atoms with van der Waals surface area (Å²) in [7, 11) is 3.82. The van der Waals surface area contributed by atoms with Gasteiger partial charge in [-0.15, -0.1) is 0 Å². The van der Waals surface area contributed by atoms with Crippen LogP contribution >= 0.6 is 0 Å². The van der Waals surface area contributed by atoms with Crippen molar-refractivity contribution in [3.8, 4) is 5.75 Å². The number of hydrogen-bond acceptors (Lipinski definition) is 2. The molecule has 17 heavy (non-hydrogen) atoms. The number of ether oxygens (including phenoxy) is 1. The average Bonchev–Trinajstić information content (AvgIpc) is 2.63. The molecule has 1 fully saturated rings. The van der Waals surface area contributed by atoms with Gasteiger partial charge in [-0.3, -0.25) is 0 Å². The number of methoxy groups -OCH3 is 1. The van der Waals surface area contributed by atoms with E-state index in [1.165, 1.54) is 37.7 Å². The van der Waals surface area contributed by atoms with Crippen molar-refractivity contribution in [2.24, 2.45) is 0 Å². The van der Waals surface area contributed by atoms with E-state index in [0.717, 1.165) is 5.75 Å². The molecule has 1 saturated carbocycles. The largest absolute Gasteiger partial charge is 0.497 e. The van der Waals surface area contributed by atoms with Gasteiger partial charge >= 0.3 is 0 Å². The fourth-order valence-corrected chi connectivity index (χ4v) is 2.92. The molecule has 0 bridgehead atoms. The van der Waals surface area contributed by atoms with Crippen LogP contribution < -0.4 is 10.1 Å². The van der Waals surface area contributed by atoms with Gasteiger partial charge in [0.15, 0.2) is 0 Å². The van der Waals surface area contributed by atoms with Crippen LogP contribution in [0.3, 0.4) is 0 Å². The van der Waals surface area contributed by atoms with E-state index >= 15 is 0 Å². The van der Waals surface area contributed by atoms with E-state index in [-0.39, 0.29) is 0 Å². The van der Waals surface area contributed by atoms with E-state index in [9.17, 15) is 0 Å². The molecule has 0 amide bonds. The quantitative estimate of drug-likeness (QED) is 0.809. The van der Waals surface area contributed by atoms with E-state index in [2.05, 4.69) is 30.6 Å². The SMILES string of the molecule is CNC1CCCCCC1c1cccc(OC)c1. The molecule has 0 spiro atoms. The highest BCUT2D eigenvalue weighted by molar-refractivity contribution is 5.31. The van der Waals surface area contributed by atoms with E-state index in [1.807, 2.05) is 6.07 Å². The highest BCUT2D eigenvalue weighted by atomic mass is 16.5. The lowest BCUT2D eigenvalue weighted by molar-refractivity contribution is 0.409. The van der Waals surface area contributed by atoms with Gasteiger partial charge in [-0.2, -0.15) is 0 Å². The standard InChI is InChI=1S/C15H23NO/c1-16-15-10-5-3-4-9-14(15)12-7-6-8-13(11-12)17-2/h6-8,11,14-16H,3-5,9-10H2,1-2H3. The Bertz CT molecular complexity index is 351. The lowest BCUT2D eigenvalue weighted by Crippen LogP contribution is -2.31. The molecule has 0 aliphatic heterocycles. The molecule has 0 saturated heterocycles. The van der Waals surface area contributed by atoms with Gasteiger partial charge in [-0.1, -0.05) is 31.4 Å². The molecular formula is C15H23NO. The van der Waals surface area contributed by atoms with Crippen molar-refractivity contribution in [3.63, 3.8) is 0 Å². The summed E-state index contributed by atoms with van der Waals surface area (Å²) >= 11 is 0. The third-order valence-electron chi connectivity index (χ3n) is 3.91. The minimum absolute atomic E-state index is 0.615. The molecule has 2 heteroatoms. The molecule has 1 aromatic carbocycles. The maximum atomic E-state index is 5.33. The van der Waals surface area contributed by atoms with Crippen LogP contribution in [0.1, 0.15) is 43.6 Å². The summed E-state index contributed by atoms with van der Waals surface area (Å²) in [6.45, 7) is 0. The topological polar surface area (TPSA) is 21.3 Å². The monoisotopic (exact) mass is 233 g/mol. The van der Waals surface area contributed by atoms with Crippen molar-refractivity contribution in [3.05, 3.63) is 29.8 Å². The summed E-state index contributed by atoms with van der Waals surface area (Å²) in [5.41, 5.74) is 1.42. The maximum Gasteiger partial charge on any atom is 0.119 e. The van der Waals surface area contributed by atoms with Gasteiger partial charge in [0, 0.05) is 6.04 Å². The first kappa shape index (κ1) is 12.4. The second kappa shape index (κ2) is 6.06. The molecule has 0 heterocycles. The van der Waals surface area contributed by atoms with Crippen LogP contribution in [-0.2, 0) is 0 Å². The number of benzene rings is 1. The molecule has 1 N–H and O–H groups in total. The molecule has 2 nitrogen and oxygen atoms in total. The van der Waals surface area contributed by atoms with Crippen LogP contribution in [0.2, 0.25) is 0 Å². The molecule has 2 atom stereocenters. The first-order chi connectivity index (χ1) is 8.35. The Morgan fingerprint density at radius 2 is 2.00 bits per heavy atom. The zero-order valence-corrected chi connectivity index (χ0v) is 10.9. The minimum Gasteiger partial charge on any atom is -0.497 e. The van der Waals surface area contributed by atoms with Gasteiger partial charge in [-0.05, 0) is 43.5 Å². The van der Waals surface area contributed by atoms with Crippen LogP contribution in [0.4, 0.5) is 0 Å². The molecule has 1 aliphatic carbocycles. The predicted octanol–water partition coefficient (Wildman–Crippen LogP) is 3.33. The van der Waals surface area contributed by atoms with Crippen molar-refractivity contribution in [1.29, 1.82) is 0 Å². The Labute approximate surface area is 104 Å². The van der Waals surface area contributed by atoms with E-state index in [0.29, 0.717) is 12.0 Å². The normalized spacial score (nSPS) is 25.3. The average molecular weight is 233 g/mol. The first-order valence-electron chi connectivity index (χ1n) is 6.66. The molecular weight excluding hydrogens is 210 g/mol. The summed E-state index contributed by atoms with van der Waals surface area (Å²) < 4.78 is 5.33. The summed E-state index contributed by atoms with van der Waals surface area (Å²) in [4.78, 5) is 0. The number of nitrogens with one attached hydrogen (secondary N) is 1.